The molecular weight excluding hydrogens is 262 g/mol. The molecule has 0 fully saturated rings. The third-order valence-electron chi connectivity index (χ3n) is 3.39. The lowest BCUT2D eigenvalue weighted by Crippen LogP contribution is -2.12. The molecule has 1 heterocycles. The molecule has 2 aromatic carbocycles. The van der Waals surface area contributed by atoms with Gasteiger partial charge in [-0.1, -0.05) is 65.3 Å². The van der Waals surface area contributed by atoms with Gasteiger partial charge in [-0.3, -0.25) is 0 Å². The lowest BCUT2D eigenvalue weighted by molar-refractivity contribution is 0.363. The average Bonchev–Trinajstić information content (AvgIpc) is 2.98. The molecule has 3 rings (SSSR count). The van der Waals surface area contributed by atoms with Gasteiger partial charge in [-0.25, -0.2) is 0 Å². The first-order chi connectivity index (χ1) is 10.2. The highest BCUT2D eigenvalue weighted by molar-refractivity contribution is 5.25. The Labute approximate surface area is 123 Å². The fraction of sp³-hybridized carbons (Fsp3) is 0.176. The van der Waals surface area contributed by atoms with Crippen molar-refractivity contribution in [1.82, 2.24) is 10.1 Å². The quantitative estimate of drug-likeness (QED) is 0.797. The molecule has 4 heteroatoms. The highest BCUT2D eigenvalue weighted by atomic mass is 16.5. The zero-order valence-electron chi connectivity index (χ0n) is 11.9. The van der Waals surface area contributed by atoms with Crippen molar-refractivity contribution in [1.29, 1.82) is 0 Å². The normalized spacial score (nSPS) is 12.3. The number of hydrogen-bond acceptors (Lipinski definition) is 4. The van der Waals surface area contributed by atoms with Gasteiger partial charge in [0.15, 0.2) is 5.82 Å². The fourth-order valence-electron chi connectivity index (χ4n) is 2.16. The van der Waals surface area contributed by atoms with E-state index in [1.165, 1.54) is 5.56 Å². The van der Waals surface area contributed by atoms with Crippen molar-refractivity contribution in [3.05, 3.63) is 83.0 Å². The maximum Gasteiger partial charge on any atom is 0.248 e. The second-order valence-electron chi connectivity index (χ2n) is 5.10. The van der Waals surface area contributed by atoms with Gasteiger partial charge in [-0.15, -0.1) is 0 Å². The van der Waals surface area contributed by atoms with E-state index in [9.17, 15) is 0 Å². The molecule has 0 aliphatic heterocycles. The Bertz CT molecular complexity index is 704. The lowest BCUT2D eigenvalue weighted by Gasteiger charge is -2.05. The maximum atomic E-state index is 6.15. The monoisotopic (exact) mass is 279 g/mol. The van der Waals surface area contributed by atoms with Crippen molar-refractivity contribution in [3.8, 4) is 0 Å². The first kappa shape index (κ1) is 13.5. The van der Waals surface area contributed by atoms with E-state index in [0.29, 0.717) is 18.1 Å². The Hall–Kier alpha value is -2.46. The molecule has 2 N–H and O–H groups in total. The molecule has 0 aliphatic rings. The van der Waals surface area contributed by atoms with Gasteiger partial charge in [0.25, 0.3) is 0 Å². The van der Waals surface area contributed by atoms with Gasteiger partial charge >= 0.3 is 0 Å². The summed E-state index contributed by atoms with van der Waals surface area (Å²) in [5.41, 5.74) is 9.50. The molecule has 0 spiro atoms. The van der Waals surface area contributed by atoms with Gasteiger partial charge in [-0.05, 0) is 18.1 Å². The Balaban J connectivity index is 1.75. The van der Waals surface area contributed by atoms with Crippen LogP contribution in [0.1, 0.15) is 34.4 Å². The van der Waals surface area contributed by atoms with E-state index in [-0.39, 0.29) is 6.04 Å². The summed E-state index contributed by atoms with van der Waals surface area (Å²) in [5.74, 6) is 1.10. The molecule has 0 saturated heterocycles. The second kappa shape index (κ2) is 5.89. The average molecular weight is 279 g/mol. The number of nitrogens with zero attached hydrogens (tertiary/aromatic N) is 2. The molecule has 1 aromatic heterocycles. The van der Waals surface area contributed by atoms with Gasteiger partial charge in [0, 0.05) is 6.42 Å². The summed E-state index contributed by atoms with van der Waals surface area (Å²) in [6, 6.07) is 17.7. The van der Waals surface area contributed by atoms with Crippen LogP contribution in [0.25, 0.3) is 0 Å². The Morgan fingerprint density at radius 3 is 2.48 bits per heavy atom. The topological polar surface area (TPSA) is 64.9 Å². The van der Waals surface area contributed by atoms with Crippen LogP contribution in [-0.2, 0) is 6.42 Å². The summed E-state index contributed by atoms with van der Waals surface area (Å²) in [5, 5.41) is 4.01. The van der Waals surface area contributed by atoms with Crippen molar-refractivity contribution in [2.75, 3.05) is 0 Å². The fourth-order valence-corrected chi connectivity index (χ4v) is 2.16. The summed E-state index contributed by atoms with van der Waals surface area (Å²) in [7, 11) is 0. The first-order valence-electron chi connectivity index (χ1n) is 6.91. The molecule has 0 radical (unpaired) electrons. The predicted octanol–water partition coefficient (Wildman–Crippen LogP) is 3.02. The van der Waals surface area contributed by atoms with E-state index in [4.69, 9.17) is 10.3 Å². The summed E-state index contributed by atoms with van der Waals surface area (Å²) >= 11 is 0. The van der Waals surface area contributed by atoms with Crippen LogP contribution in [0, 0.1) is 6.92 Å². The summed E-state index contributed by atoms with van der Waals surface area (Å²) in [4.78, 5) is 4.40. The maximum absolute atomic E-state index is 6.15. The van der Waals surface area contributed by atoms with E-state index < -0.39 is 0 Å². The largest absolute Gasteiger partial charge is 0.337 e. The minimum Gasteiger partial charge on any atom is -0.337 e. The van der Waals surface area contributed by atoms with E-state index in [1.807, 2.05) is 30.3 Å². The van der Waals surface area contributed by atoms with Gasteiger partial charge < -0.3 is 10.3 Å². The zero-order chi connectivity index (χ0) is 14.7. The van der Waals surface area contributed by atoms with Crippen LogP contribution in [0.3, 0.4) is 0 Å². The van der Waals surface area contributed by atoms with Crippen molar-refractivity contribution < 1.29 is 4.52 Å². The molecule has 1 atom stereocenters. The molecule has 106 valence electrons. The third kappa shape index (κ3) is 3.17. The van der Waals surface area contributed by atoms with Crippen LogP contribution in [0.2, 0.25) is 0 Å². The molecule has 0 aliphatic carbocycles. The van der Waals surface area contributed by atoms with Crippen molar-refractivity contribution in [2.45, 2.75) is 19.4 Å². The first-order valence-corrected chi connectivity index (χ1v) is 6.91. The smallest absolute Gasteiger partial charge is 0.248 e. The number of benzene rings is 2. The van der Waals surface area contributed by atoms with E-state index in [2.05, 4.69) is 41.3 Å². The Kier molecular flexibility index (Phi) is 3.79. The molecule has 21 heavy (non-hydrogen) atoms. The minimum absolute atomic E-state index is 0.384. The van der Waals surface area contributed by atoms with Gasteiger partial charge in [0.1, 0.15) is 6.04 Å². The van der Waals surface area contributed by atoms with Crippen LogP contribution in [0.4, 0.5) is 0 Å². The number of aryl methyl sites for hydroxylation is 1. The molecular formula is C17H17N3O. The minimum atomic E-state index is -0.384. The van der Waals surface area contributed by atoms with Crippen LogP contribution in [-0.4, -0.2) is 10.1 Å². The van der Waals surface area contributed by atoms with Gasteiger partial charge in [0.05, 0.1) is 0 Å². The highest BCUT2D eigenvalue weighted by Gasteiger charge is 2.16. The number of hydrogen-bond donors (Lipinski definition) is 1. The van der Waals surface area contributed by atoms with Crippen LogP contribution < -0.4 is 5.73 Å². The summed E-state index contributed by atoms with van der Waals surface area (Å²) in [6.45, 7) is 2.06. The number of aromatic nitrogens is 2. The zero-order valence-corrected chi connectivity index (χ0v) is 11.9. The molecule has 0 bridgehead atoms. The number of rotatable bonds is 4. The molecule has 0 amide bonds. The van der Waals surface area contributed by atoms with Crippen LogP contribution >= 0.6 is 0 Å². The van der Waals surface area contributed by atoms with Crippen molar-refractivity contribution >= 4 is 0 Å². The molecule has 1 unspecified atom stereocenters. The van der Waals surface area contributed by atoms with E-state index in [0.717, 1.165) is 11.1 Å². The van der Waals surface area contributed by atoms with Gasteiger partial charge in [0.2, 0.25) is 5.89 Å². The molecule has 4 nitrogen and oxygen atoms in total. The highest BCUT2D eigenvalue weighted by Crippen LogP contribution is 2.18. The summed E-state index contributed by atoms with van der Waals surface area (Å²) < 4.78 is 5.29. The Morgan fingerprint density at radius 2 is 1.76 bits per heavy atom. The molecule has 0 saturated carbocycles. The lowest BCUT2D eigenvalue weighted by atomic mass is 10.1. The van der Waals surface area contributed by atoms with Crippen molar-refractivity contribution in [2.24, 2.45) is 5.73 Å². The third-order valence-corrected chi connectivity index (χ3v) is 3.39. The van der Waals surface area contributed by atoms with E-state index >= 15 is 0 Å². The predicted molar refractivity (Wildman–Crippen MR) is 80.8 cm³/mol. The summed E-state index contributed by atoms with van der Waals surface area (Å²) in [6.07, 6.45) is 0.644. The van der Waals surface area contributed by atoms with E-state index in [1.54, 1.807) is 0 Å². The van der Waals surface area contributed by atoms with Crippen LogP contribution in [0.15, 0.2) is 59.1 Å². The standard InChI is InChI=1S/C17H17N3O/c1-12-7-9-13(10-8-12)11-15-19-17(21-20-15)16(18)14-5-3-2-4-6-14/h2-10,16H,11,18H2,1H3. The number of nitrogens with two attached hydrogens (primary N) is 1. The Morgan fingerprint density at radius 1 is 1.05 bits per heavy atom. The molecule has 3 aromatic rings. The van der Waals surface area contributed by atoms with Crippen LogP contribution in [0.5, 0.6) is 0 Å². The SMILES string of the molecule is Cc1ccc(Cc2noc(C(N)c3ccccc3)n2)cc1. The van der Waals surface area contributed by atoms with Gasteiger partial charge in [-0.2, -0.15) is 4.98 Å². The second-order valence-corrected chi connectivity index (χ2v) is 5.10. The van der Waals surface area contributed by atoms with Crippen molar-refractivity contribution in [3.63, 3.8) is 0 Å².